The van der Waals surface area contributed by atoms with E-state index in [0.717, 1.165) is 23.7 Å². The van der Waals surface area contributed by atoms with Crippen LogP contribution in [0, 0.1) is 17.8 Å². The highest BCUT2D eigenvalue weighted by atomic mass is 16.5. The number of hydrogen-bond donors (Lipinski definition) is 0. The summed E-state index contributed by atoms with van der Waals surface area (Å²) in [5.74, 6) is 3.64. The summed E-state index contributed by atoms with van der Waals surface area (Å²) in [5, 5.41) is 0. The largest absolute Gasteiger partial charge is 0.373 e. The molecular formula is C26H38O. The number of allylic oxidation sites excluding steroid dienone is 3. The van der Waals surface area contributed by atoms with Gasteiger partial charge < -0.3 is 4.74 Å². The van der Waals surface area contributed by atoms with Gasteiger partial charge in [0.05, 0.1) is 13.2 Å². The third-order valence-electron chi connectivity index (χ3n) is 6.89. The number of rotatable bonds is 7. The van der Waals surface area contributed by atoms with Crippen LogP contribution in [0.4, 0.5) is 0 Å². The molecule has 3 rings (SSSR count). The van der Waals surface area contributed by atoms with Crippen LogP contribution in [0.5, 0.6) is 0 Å². The molecule has 0 bridgehead atoms. The van der Waals surface area contributed by atoms with Crippen LogP contribution < -0.4 is 0 Å². The van der Waals surface area contributed by atoms with Crippen LogP contribution >= 0.6 is 0 Å². The molecule has 0 radical (unpaired) electrons. The third kappa shape index (κ3) is 6.07. The average molecular weight is 367 g/mol. The molecule has 0 amide bonds. The van der Waals surface area contributed by atoms with Gasteiger partial charge in [-0.1, -0.05) is 48.6 Å². The summed E-state index contributed by atoms with van der Waals surface area (Å²) in [5.41, 5.74) is 2.83. The number of ether oxygens (including phenoxy) is 1. The second kappa shape index (κ2) is 10.9. The number of hydrogen-bond acceptors (Lipinski definition) is 1. The SMILES string of the molecule is CC=CCOCc1ccc(C2CCC(C3CCC(C=CC)CC3)CC2)cc1. The molecule has 1 aromatic rings. The normalized spacial score (nSPS) is 29.6. The highest BCUT2D eigenvalue weighted by Gasteiger charge is 2.30. The van der Waals surface area contributed by atoms with Gasteiger partial charge in [0.1, 0.15) is 0 Å². The lowest BCUT2D eigenvalue weighted by atomic mass is 9.68. The molecule has 0 atom stereocenters. The van der Waals surface area contributed by atoms with E-state index in [2.05, 4.69) is 49.4 Å². The minimum absolute atomic E-state index is 0.707. The standard InChI is InChI=1S/C26H38O/c1-3-5-19-27-20-22-9-13-24(14-10-22)26-17-15-25(16-18-26)23-11-7-21(6-4-2)8-12-23/h3-6,9-10,13-14,21,23,25-26H,7-8,11-12,15-20H2,1-2H3. The first-order valence-corrected chi connectivity index (χ1v) is 11.2. The molecule has 2 aliphatic carbocycles. The molecule has 0 spiro atoms. The summed E-state index contributed by atoms with van der Waals surface area (Å²) in [4.78, 5) is 0. The molecule has 2 saturated carbocycles. The topological polar surface area (TPSA) is 9.23 Å². The van der Waals surface area contributed by atoms with Crippen molar-refractivity contribution in [1.82, 2.24) is 0 Å². The van der Waals surface area contributed by atoms with Crippen molar-refractivity contribution in [2.75, 3.05) is 6.61 Å². The molecule has 0 heterocycles. The van der Waals surface area contributed by atoms with Gasteiger partial charge in [-0.05, 0) is 100 Å². The van der Waals surface area contributed by atoms with Gasteiger partial charge in [-0.3, -0.25) is 0 Å². The Morgan fingerprint density at radius 2 is 1.44 bits per heavy atom. The van der Waals surface area contributed by atoms with E-state index in [1.807, 2.05) is 13.0 Å². The van der Waals surface area contributed by atoms with Gasteiger partial charge in [-0.25, -0.2) is 0 Å². The smallest absolute Gasteiger partial charge is 0.0721 e. The third-order valence-corrected chi connectivity index (χ3v) is 6.89. The predicted molar refractivity (Wildman–Crippen MR) is 116 cm³/mol. The Kier molecular flexibility index (Phi) is 8.20. The molecular weight excluding hydrogens is 328 g/mol. The summed E-state index contributed by atoms with van der Waals surface area (Å²) < 4.78 is 5.66. The Morgan fingerprint density at radius 3 is 2.04 bits per heavy atom. The zero-order valence-electron chi connectivity index (χ0n) is 17.4. The predicted octanol–water partition coefficient (Wildman–Crippen LogP) is 7.44. The molecule has 0 unspecified atom stereocenters. The van der Waals surface area contributed by atoms with Crippen molar-refractivity contribution in [1.29, 1.82) is 0 Å². The fourth-order valence-electron chi connectivity index (χ4n) is 5.23. The van der Waals surface area contributed by atoms with Crippen molar-refractivity contribution in [3.8, 4) is 0 Å². The van der Waals surface area contributed by atoms with Crippen molar-refractivity contribution in [3.05, 3.63) is 59.7 Å². The molecule has 2 fully saturated rings. The Labute approximate surface area is 166 Å². The molecule has 0 N–H and O–H groups in total. The van der Waals surface area contributed by atoms with Gasteiger partial charge in [0.15, 0.2) is 0 Å². The second-order valence-electron chi connectivity index (χ2n) is 8.64. The van der Waals surface area contributed by atoms with Crippen molar-refractivity contribution >= 4 is 0 Å². The summed E-state index contributed by atoms with van der Waals surface area (Å²) in [6.07, 6.45) is 20.2. The molecule has 27 heavy (non-hydrogen) atoms. The monoisotopic (exact) mass is 366 g/mol. The quantitative estimate of drug-likeness (QED) is 0.360. The van der Waals surface area contributed by atoms with Crippen LogP contribution in [0.1, 0.15) is 82.3 Å². The second-order valence-corrected chi connectivity index (χ2v) is 8.64. The van der Waals surface area contributed by atoms with Gasteiger partial charge >= 0.3 is 0 Å². The fraction of sp³-hybridized carbons (Fsp3) is 0.615. The van der Waals surface area contributed by atoms with Crippen LogP contribution in [0.2, 0.25) is 0 Å². The first-order valence-electron chi connectivity index (χ1n) is 11.2. The van der Waals surface area contributed by atoms with Crippen molar-refractivity contribution in [2.24, 2.45) is 17.8 Å². The number of benzene rings is 1. The zero-order valence-corrected chi connectivity index (χ0v) is 17.4. The minimum Gasteiger partial charge on any atom is -0.373 e. The molecule has 0 aliphatic heterocycles. The Hall–Kier alpha value is -1.34. The van der Waals surface area contributed by atoms with Crippen molar-refractivity contribution in [2.45, 2.75) is 77.7 Å². The lowest BCUT2D eigenvalue weighted by Crippen LogP contribution is -2.25. The maximum absolute atomic E-state index is 5.66. The maximum Gasteiger partial charge on any atom is 0.0721 e. The van der Waals surface area contributed by atoms with E-state index in [-0.39, 0.29) is 0 Å². The molecule has 2 aliphatic rings. The summed E-state index contributed by atoms with van der Waals surface area (Å²) >= 11 is 0. The van der Waals surface area contributed by atoms with Crippen molar-refractivity contribution in [3.63, 3.8) is 0 Å². The van der Waals surface area contributed by atoms with E-state index in [1.165, 1.54) is 56.9 Å². The Bertz CT molecular complexity index is 581. The summed E-state index contributed by atoms with van der Waals surface area (Å²) in [6.45, 7) is 5.62. The van der Waals surface area contributed by atoms with E-state index < -0.39 is 0 Å². The zero-order chi connectivity index (χ0) is 18.9. The van der Waals surface area contributed by atoms with E-state index >= 15 is 0 Å². The lowest BCUT2D eigenvalue weighted by molar-refractivity contribution is 0.148. The molecule has 0 aromatic heterocycles. The molecule has 1 nitrogen and oxygen atoms in total. The Morgan fingerprint density at radius 1 is 0.815 bits per heavy atom. The van der Waals surface area contributed by atoms with Crippen LogP contribution in [-0.2, 0) is 11.3 Å². The summed E-state index contributed by atoms with van der Waals surface area (Å²) in [6, 6.07) is 9.22. The highest BCUT2D eigenvalue weighted by Crippen LogP contribution is 2.44. The van der Waals surface area contributed by atoms with Gasteiger partial charge in [0, 0.05) is 0 Å². The molecule has 0 saturated heterocycles. The first kappa shape index (κ1) is 20.4. The van der Waals surface area contributed by atoms with E-state index in [1.54, 1.807) is 5.56 Å². The van der Waals surface area contributed by atoms with E-state index in [9.17, 15) is 0 Å². The van der Waals surface area contributed by atoms with Crippen LogP contribution in [0.15, 0.2) is 48.6 Å². The average Bonchev–Trinajstić information content (AvgIpc) is 2.73. The molecule has 148 valence electrons. The van der Waals surface area contributed by atoms with Crippen LogP contribution in [-0.4, -0.2) is 6.61 Å². The molecule has 1 heteroatoms. The van der Waals surface area contributed by atoms with Gasteiger partial charge in [-0.15, -0.1) is 0 Å². The fourth-order valence-corrected chi connectivity index (χ4v) is 5.23. The lowest BCUT2D eigenvalue weighted by Gasteiger charge is -2.37. The minimum atomic E-state index is 0.707. The van der Waals surface area contributed by atoms with Crippen LogP contribution in [0.3, 0.4) is 0 Å². The highest BCUT2D eigenvalue weighted by molar-refractivity contribution is 5.25. The van der Waals surface area contributed by atoms with E-state index in [4.69, 9.17) is 4.74 Å². The maximum atomic E-state index is 5.66. The van der Waals surface area contributed by atoms with Crippen LogP contribution in [0.25, 0.3) is 0 Å². The first-order chi connectivity index (χ1) is 13.3. The Balaban J connectivity index is 1.42. The van der Waals surface area contributed by atoms with Gasteiger partial charge in [-0.2, -0.15) is 0 Å². The van der Waals surface area contributed by atoms with Crippen molar-refractivity contribution < 1.29 is 4.74 Å². The molecule has 1 aromatic carbocycles. The van der Waals surface area contributed by atoms with E-state index in [0.29, 0.717) is 13.2 Å². The summed E-state index contributed by atoms with van der Waals surface area (Å²) in [7, 11) is 0. The van der Waals surface area contributed by atoms with Gasteiger partial charge in [0.2, 0.25) is 0 Å². The van der Waals surface area contributed by atoms with Gasteiger partial charge in [0.25, 0.3) is 0 Å².